The molecule has 0 saturated carbocycles. The lowest BCUT2D eigenvalue weighted by Crippen LogP contribution is -2.28. The third-order valence-corrected chi connectivity index (χ3v) is 2.03. The van der Waals surface area contributed by atoms with E-state index in [2.05, 4.69) is 10.4 Å². The summed E-state index contributed by atoms with van der Waals surface area (Å²) in [6.07, 6.45) is 1.53. The van der Waals surface area contributed by atoms with E-state index in [-0.39, 0.29) is 11.1 Å². The van der Waals surface area contributed by atoms with Crippen molar-refractivity contribution in [3.8, 4) is 0 Å². The van der Waals surface area contributed by atoms with Crippen LogP contribution in [0.3, 0.4) is 0 Å². The summed E-state index contributed by atoms with van der Waals surface area (Å²) >= 11 is 5.63. The van der Waals surface area contributed by atoms with Gasteiger partial charge in [0, 0.05) is 7.05 Å². The third kappa shape index (κ3) is 1.92. The number of nitrogens with zero attached hydrogens (tertiary/aromatic N) is 2. The number of amides is 1. The highest BCUT2D eigenvalue weighted by molar-refractivity contribution is 6.31. The zero-order chi connectivity index (χ0) is 10.0. The zero-order valence-corrected chi connectivity index (χ0v) is 8.17. The van der Waals surface area contributed by atoms with E-state index in [4.69, 9.17) is 17.3 Å². The Morgan fingerprint density at radius 1 is 1.85 bits per heavy atom. The van der Waals surface area contributed by atoms with Gasteiger partial charge in [0.2, 0.25) is 5.91 Å². The van der Waals surface area contributed by atoms with Gasteiger partial charge >= 0.3 is 0 Å². The maximum absolute atomic E-state index is 11.2. The minimum atomic E-state index is -0.403. The van der Waals surface area contributed by atoms with E-state index in [1.165, 1.54) is 10.9 Å². The van der Waals surface area contributed by atoms with Crippen LogP contribution in [0.25, 0.3) is 0 Å². The molecular weight excluding hydrogens is 192 g/mol. The SMILES string of the molecule is CNC(=O)C(C)n1cc(N)c(Cl)n1. The number of aromatic nitrogens is 2. The molecule has 0 aliphatic carbocycles. The third-order valence-electron chi connectivity index (χ3n) is 1.74. The lowest BCUT2D eigenvalue weighted by atomic mass is 10.3. The van der Waals surface area contributed by atoms with Crippen LogP contribution >= 0.6 is 11.6 Å². The van der Waals surface area contributed by atoms with Crippen molar-refractivity contribution in [3.63, 3.8) is 0 Å². The lowest BCUT2D eigenvalue weighted by molar-refractivity contribution is -0.123. The number of nitrogen functional groups attached to an aromatic ring is 1. The Kier molecular flexibility index (Phi) is 2.77. The van der Waals surface area contributed by atoms with E-state index in [0.717, 1.165) is 0 Å². The first-order valence-corrected chi connectivity index (χ1v) is 4.15. The molecule has 6 heteroatoms. The molecule has 1 aromatic heterocycles. The Labute approximate surface area is 80.9 Å². The number of rotatable bonds is 2. The maximum atomic E-state index is 11.2. The van der Waals surface area contributed by atoms with E-state index in [0.29, 0.717) is 5.69 Å². The molecule has 5 nitrogen and oxygen atoms in total. The number of halogens is 1. The van der Waals surface area contributed by atoms with Crippen LogP contribution in [-0.4, -0.2) is 22.7 Å². The second-order valence-corrected chi connectivity index (χ2v) is 3.00. The van der Waals surface area contributed by atoms with E-state index < -0.39 is 6.04 Å². The second-order valence-electron chi connectivity index (χ2n) is 2.65. The molecule has 0 spiro atoms. The number of hydrogen-bond acceptors (Lipinski definition) is 3. The first-order valence-electron chi connectivity index (χ1n) is 3.78. The normalized spacial score (nSPS) is 12.5. The maximum Gasteiger partial charge on any atom is 0.244 e. The first kappa shape index (κ1) is 9.85. The molecule has 0 fully saturated rings. The molecule has 1 heterocycles. The highest BCUT2D eigenvalue weighted by Crippen LogP contribution is 2.17. The van der Waals surface area contributed by atoms with Crippen molar-refractivity contribution in [1.29, 1.82) is 0 Å². The molecule has 0 aromatic carbocycles. The number of anilines is 1. The average Bonchev–Trinajstić information content (AvgIpc) is 2.44. The minimum Gasteiger partial charge on any atom is -0.395 e. The Morgan fingerprint density at radius 2 is 2.46 bits per heavy atom. The van der Waals surface area contributed by atoms with Crippen LogP contribution in [0, 0.1) is 0 Å². The Hall–Kier alpha value is -1.23. The standard InChI is InChI=1S/C7H11ClN4O/c1-4(7(13)10-2)12-3-5(9)6(8)11-12/h3-4H,9H2,1-2H3,(H,10,13). The number of carbonyl (C=O) groups excluding carboxylic acids is 1. The molecule has 0 saturated heterocycles. The molecular formula is C7H11ClN4O. The van der Waals surface area contributed by atoms with Gasteiger partial charge < -0.3 is 11.1 Å². The van der Waals surface area contributed by atoms with Gasteiger partial charge in [-0.3, -0.25) is 9.48 Å². The molecule has 1 unspecified atom stereocenters. The molecule has 1 rings (SSSR count). The van der Waals surface area contributed by atoms with Gasteiger partial charge in [-0.05, 0) is 6.92 Å². The summed E-state index contributed by atoms with van der Waals surface area (Å²) in [4.78, 5) is 11.2. The Bertz CT molecular complexity index is 303. The molecule has 0 aliphatic heterocycles. The summed E-state index contributed by atoms with van der Waals surface area (Å²) in [6.45, 7) is 1.71. The topological polar surface area (TPSA) is 72.9 Å². The van der Waals surface area contributed by atoms with Crippen LogP contribution in [-0.2, 0) is 4.79 Å². The fourth-order valence-corrected chi connectivity index (χ4v) is 1.05. The van der Waals surface area contributed by atoms with E-state index in [1.54, 1.807) is 14.0 Å². The summed E-state index contributed by atoms with van der Waals surface area (Å²) in [5, 5.41) is 6.60. The lowest BCUT2D eigenvalue weighted by Gasteiger charge is -2.09. The second kappa shape index (κ2) is 3.66. The van der Waals surface area contributed by atoms with Crippen LogP contribution in [0.4, 0.5) is 5.69 Å². The van der Waals surface area contributed by atoms with Gasteiger partial charge in [0.25, 0.3) is 0 Å². The Balaban J connectivity index is 2.89. The van der Waals surface area contributed by atoms with Gasteiger partial charge in [0.15, 0.2) is 5.15 Å². The predicted octanol–water partition coefficient (Wildman–Crippen LogP) is 0.426. The van der Waals surface area contributed by atoms with Crippen molar-refractivity contribution < 1.29 is 4.79 Å². The van der Waals surface area contributed by atoms with Gasteiger partial charge in [-0.15, -0.1) is 0 Å². The molecule has 72 valence electrons. The minimum absolute atomic E-state index is 0.140. The molecule has 13 heavy (non-hydrogen) atoms. The van der Waals surface area contributed by atoms with Gasteiger partial charge in [-0.2, -0.15) is 5.10 Å². The quantitative estimate of drug-likeness (QED) is 0.731. The molecule has 1 aromatic rings. The molecule has 0 aliphatic rings. The monoisotopic (exact) mass is 202 g/mol. The summed E-state index contributed by atoms with van der Waals surface area (Å²) in [5.74, 6) is -0.140. The fourth-order valence-electron chi connectivity index (χ4n) is 0.911. The van der Waals surface area contributed by atoms with Gasteiger partial charge in [0.1, 0.15) is 6.04 Å². The fraction of sp³-hybridized carbons (Fsp3) is 0.429. The highest BCUT2D eigenvalue weighted by Gasteiger charge is 2.15. The van der Waals surface area contributed by atoms with E-state index in [9.17, 15) is 4.79 Å². The predicted molar refractivity (Wildman–Crippen MR) is 50.4 cm³/mol. The number of carbonyl (C=O) groups is 1. The van der Waals surface area contributed by atoms with E-state index >= 15 is 0 Å². The molecule has 1 atom stereocenters. The summed E-state index contributed by atoms with van der Waals surface area (Å²) < 4.78 is 1.43. The van der Waals surface area contributed by atoms with Crippen molar-refractivity contribution >= 4 is 23.2 Å². The van der Waals surface area contributed by atoms with Crippen LogP contribution in [0.1, 0.15) is 13.0 Å². The van der Waals surface area contributed by atoms with Gasteiger partial charge in [0.05, 0.1) is 11.9 Å². The zero-order valence-electron chi connectivity index (χ0n) is 7.41. The van der Waals surface area contributed by atoms with Crippen LogP contribution in [0.5, 0.6) is 0 Å². The molecule has 1 amide bonds. The first-order chi connectivity index (χ1) is 6.06. The van der Waals surface area contributed by atoms with Crippen molar-refractivity contribution in [2.45, 2.75) is 13.0 Å². The number of likely N-dealkylation sites (N-methyl/N-ethyl adjacent to an activating group) is 1. The van der Waals surface area contributed by atoms with Crippen molar-refractivity contribution in [1.82, 2.24) is 15.1 Å². The molecule has 3 N–H and O–H groups in total. The average molecular weight is 203 g/mol. The van der Waals surface area contributed by atoms with Crippen LogP contribution < -0.4 is 11.1 Å². The summed E-state index contributed by atoms with van der Waals surface area (Å²) in [6, 6.07) is -0.403. The molecule has 0 radical (unpaired) electrons. The smallest absolute Gasteiger partial charge is 0.244 e. The van der Waals surface area contributed by atoms with Crippen molar-refractivity contribution in [2.24, 2.45) is 0 Å². The summed E-state index contributed by atoms with van der Waals surface area (Å²) in [7, 11) is 1.56. The van der Waals surface area contributed by atoms with Gasteiger partial charge in [-0.1, -0.05) is 11.6 Å². The highest BCUT2D eigenvalue weighted by atomic mass is 35.5. The van der Waals surface area contributed by atoms with Crippen LogP contribution in [0.15, 0.2) is 6.20 Å². The van der Waals surface area contributed by atoms with Crippen molar-refractivity contribution in [2.75, 3.05) is 12.8 Å². The number of nitrogens with one attached hydrogen (secondary N) is 1. The molecule has 0 bridgehead atoms. The Morgan fingerprint density at radius 3 is 2.85 bits per heavy atom. The van der Waals surface area contributed by atoms with E-state index in [1.807, 2.05) is 0 Å². The van der Waals surface area contributed by atoms with Crippen molar-refractivity contribution in [3.05, 3.63) is 11.3 Å². The van der Waals surface area contributed by atoms with Gasteiger partial charge in [-0.25, -0.2) is 0 Å². The largest absolute Gasteiger partial charge is 0.395 e. The number of nitrogens with two attached hydrogens (primary N) is 1. The van der Waals surface area contributed by atoms with Crippen LogP contribution in [0.2, 0.25) is 5.15 Å². The summed E-state index contributed by atoms with van der Waals surface area (Å²) in [5.41, 5.74) is 5.85. The number of hydrogen-bond donors (Lipinski definition) is 2.